The molecule has 0 saturated carbocycles. The van der Waals surface area contributed by atoms with Crippen LogP contribution in [0.1, 0.15) is 20.6 Å². The molecule has 0 fully saturated rings. The fraction of sp³-hybridized carbons (Fsp3) is 0. The normalized spacial score (nSPS) is 16.3. The predicted octanol–water partition coefficient (Wildman–Crippen LogP) is 13.2. The van der Waals surface area contributed by atoms with E-state index in [9.17, 15) is 8.22 Å². The van der Waals surface area contributed by atoms with Gasteiger partial charge in [0.15, 0.2) is 0 Å². The molecule has 0 bridgehead atoms. The van der Waals surface area contributed by atoms with Crippen LogP contribution in [0, 0.1) is 0 Å². The Hall–Kier alpha value is -6.18. The van der Waals surface area contributed by atoms with Gasteiger partial charge < -0.3 is 4.42 Å². The highest BCUT2D eigenvalue weighted by molar-refractivity contribution is 6.22. The molecule has 0 unspecified atom stereocenters. The summed E-state index contributed by atoms with van der Waals surface area (Å²) in [6.45, 7) is 0. The van der Waals surface area contributed by atoms with Gasteiger partial charge in [0.2, 0.25) is 0 Å². The molecule has 1 nitrogen and oxygen atoms in total. The van der Waals surface area contributed by atoms with E-state index in [0.29, 0.717) is 16.7 Å². The van der Waals surface area contributed by atoms with Crippen molar-refractivity contribution in [3.63, 3.8) is 0 Å². The lowest BCUT2D eigenvalue weighted by Gasteiger charge is -2.18. The van der Waals surface area contributed by atoms with Crippen LogP contribution in [-0.2, 0) is 0 Å². The van der Waals surface area contributed by atoms with Gasteiger partial charge in [0, 0.05) is 16.3 Å². The summed E-state index contributed by atoms with van der Waals surface area (Å²) in [5.74, 6) is 0. The first-order valence-electron chi connectivity index (χ1n) is 22.5. The Morgan fingerprint density at radius 1 is 0.404 bits per heavy atom. The van der Waals surface area contributed by atoms with E-state index in [1.807, 2.05) is 54.6 Å². The number of benzene rings is 9. The van der Waals surface area contributed by atoms with E-state index in [0.717, 1.165) is 32.7 Å². The molecule has 0 spiro atoms. The Kier molecular flexibility index (Phi) is 3.33. The fourth-order valence-corrected chi connectivity index (χ4v) is 6.68. The molecule has 0 N–H and O–H groups in total. The van der Waals surface area contributed by atoms with Crippen molar-refractivity contribution in [2.45, 2.75) is 0 Å². The third kappa shape index (κ3) is 3.97. The average molecular weight is 612 g/mol. The van der Waals surface area contributed by atoms with Gasteiger partial charge in [0.25, 0.3) is 0 Å². The van der Waals surface area contributed by atoms with Crippen LogP contribution in [0.5, 0.6) is 0 Å². The number of fused-ring (bicyclic) bond motifs is 8. The largest absolute Gasteiger partial charge is 0.455 e. The molecule has 1 aromatic heterocycles. The number of para-hydroxylation sites is 1. The predicted molar refractivity (Wildman–Crippen MR) is 200 cm³/mol. The van der Waals surface area contributed by atoms with Crippen LogP contribution in [0.4, 0.5) is 0 Å². The van der Waals surface area contributed by atoms with Crippen molar-refractivity contribution in [2.24, 2.45) is 0 Å². The quantitative estimate of drug-likeness (QED) is 0.181. The molecular formula is C46H28O. The average Bonchev–Trinajstić information content (AvgIpc) is 3.67. The van der Waals surface area contributed by atoms with E-state index in [4.69, 9.17) is 16.8 Å². The van der Waals surface area contributed by atoms with Gasteiger partial charge in [-0.05, 0) is 83.0 Å². The van der Waals surface area contributed by atoms with E-state index in [-0.39, 0.29) is 32.7 Å². The first-order chi connectivity index (χ1) is 29.6. The Morgan fingerprint density at radius 2 is 1.02 bits per heavy atom. The SMILES string of the molecule is [2H]c1c([2H])c([2H])c2c([2H])c(-c3c4c([2H])c([2H])c([2H])c([2H])c4c(-c4ccc(-c5cccc6c5oc5ccc7ccccc7c56)cc4)c4c([2H])c([2H])c([2H])c([2H])c34)c([2H])c([2H])c2c1[2H]. The maximum absolute atomic E-state index is 9.42. The van der Waals surface area contributed by atoms with Gasteiger partial charge in [-0.2, -0.15) is 0 Å². The minimum absolute atomic E-state index is 0.0320. The van der Waals surface area contributed by atoms with Crippen LogP contribution in [0.15, 0.2) is 174 Å². The molecule has 1 heteroatoms. The van der Waals surface area contributed by atoms with Crippen molar-refractivity contribution in [1.82, 2.24) is 0 Å². The van der Waals surface area contributed by atoms with Crippen LogP contribution < -0.4 is 0 Å². The lowest BCUT2D eigenvalue weighted by Crippen LogP contribution is -1.91. The van der Waals surface area contributed by atoms with Crippen molar-refractivity contribution >= 4 is 65.0 Å². The molecule has 10 rings (SSSR count). The minimum atomic E-state index is -0.736. The van der Waals surface area contributed by atoms with Gasteiger partial charge in [-0.3, -0.25) is 0 Å². The minimum Gasteiger partial charge on any atom is -0.455 e. The molecule has 1 heterocycles. The number of furan rings is 1. The first kappa shape index (κ1) is 15.4. The molecular weight excluding hydrogens is 569 g/mol. The summed E-state index contributed by atoms with van der Waals surface area (Å²) in [4.78, 5) is 0. The number of hydrogen-bond donors (Lipinski definition) is 0. The van der Waals surface area contributed by atoms with Crippen molar-refractivity contribution in [1.29, 1.82) is 0 Å². The highest BCUT2D eigenvalue weighted by atomic mass is 16.3. The zero-order valence-corrected chi connectivity index (χ0v) is 24.4. The molecule has 47 heavy (non-hydrogen) atoms. The molecule has 0 aliphatic rings. The lowest BCUT2D eigenvalue weighted by molar-refractivity contribution is 0.670. The van der Waals surface area contributed by atoms with Gasteiger partial charge in [-0.15, -0.1) is 0 Å². The summed E-state index contributed by atoms with van der Waals surface area (Å²) < 4.78 is 140. The van der Waals surface area contributed by atoms with Crippen LogP contribution in [0.3, 0.4) is 0 Å². The van der Waals surface area contributed by atoms with Gasteiger partial charge in [-0.25, -0.2) is 0 Å². The molecule has 0 amide bonds. The van der Waals surface area contributed by atoms with Crippen molar-refractivity contribution in [2.75, 3.05) is 0 Å². The van der Waals surface area contributed by atoms with E-state index in [1.165, 1.54) is 0 Å². The molecule has 218 valence electrons. The number of hydrogen-bond acceptors (Lipinski definition) is 1. The summed E-state index contributed by atoms with van der Waals surface area (Å²) in [5, 5.41) is 2.18. The van der Waals surface area contributed by atoms with Crippen LogP contribution in [0.2, 0.25) is 0 Å². The standard InChI is InChI=1S/C46H28O/c1-2-12-33-28-34(25-20-29(33)10-1)44-39-16-7-5-14-37(39)43(38-15-6-8-17-40(38)44)32-23-21-31(22-24-32)36-18-9-19-41-45-35-13-4-3-11-30(35)26-27-42(45)47-46(36)41/h1-28H/i1D,2D,5D,6D,7D,8D,10D,12D,14D,15D,16D,17D,20D,25D,28D. The summed E-state index contributed by atoms with van der Waals surface area (Å²) >= 11 is 0. The van der Waals surface area contributed by atoms with Crippen molar-refractivity contribution < 1.29 is 25.0 Å². The maximum Gasteiger partial charge on any atom is 0.143 e. The summed E-state index contributed by atoms with van der Waals surface area (Å²) in [5.41, 5.74) is 2.32. The topological polar surface area (TPSA) is 13.1 Å². The van der Waals surface area contributed by atoms with Gasteiger partial charge in [0.05, 0.1) is 20.6 Å². The first-order valence-corrected chi connectivity index (χ1v) is 15.0. The van der Waals surface area contributed by atoms with Gasteiger partial charge in [0.1, 0.15) is 11.2 Å². The Morgan fingerprint density at radius 3 is 1.77 bits per heavy atom. The second-order valence-electron chi connectivity index (χ2n) is 11.3. The third-order valence-corrected chi connectivity index (χ3v) is 8.75. The fourth-order valence-electron chi connectivity index (χ4n) is 6.68. The molecule has 0 aliphatic heterocycles. The molecule has 0 aliphatic carbocycles. The van der Waals surface area contributed by atoms with Crippen LogP contribution >= 0.6 is 0 Å². The van der Waals surface area contributed by atoms with Crippen LogP contribution in [0.25, 0.3) is 98.4 Å². The number of rotatable bonds is 3. The molecule has 10 aromatic rings. The van der Waals surface area contributed by atoms with E-state index in [2.05, 4.69) is 0 Å². The molecule has 0 saturated heterocycles. The second kappa shape index (κ2) is 10.2. The molecule has 0 radical (unpaired) electrons. The van der Waals surface area contributed by atoms with Gasteiger partial charge >= 0.3 is 0 Å². The van der Waals surface area contributed by atoms with Gasteiger partial charge in [-0.1, -0.05) is 157 Å². The Labute approximate surface area is 293 Å². The lowest BCUT2D eigenvalue weighted by atomic mass is 9.85. The van der Waals surface area contributed by atoms with Crippen LogP contribution in [-0.4, -0.2) is 0 Å². The highest BCUT2D eigenvalue weighted by Gasteiger charge is 2.18. The summed E-state index contributed by atoms with van der Waals surface area (Å²) in [6.07, 6.45) is 0. The Bertz CT molecular complexity index is 3610. The van der Waals surface area contributed by atoms with Crippen molar-refractivity contribution in [3.05, 3.63) is 169 Å². The smallest absolute Gasteiger partial charge is 0.143 e. The van der Waals surface area contributed by atoms with Crippen molar-refractivity contribution in [3.8, 4) is 33.4 Å². The third-order valence-electron chi connectivity index (χ3n) is 8.75. The molecule has 9 aromatic carbocycles. The zero-order chi connectivity index (χ0) is 44.0. The Balaban J connectivity index is 1.33. The monoisotopic (exact) mass is 611 g/mol. The zero-order valence-electron chi connectivity index (χ0n) is 39.4. The summed E-state index contributed by atoms with van der Waals surface area (Å²) in [7, 11) is 0. The summed E-state index contributed by atoms with van der Waals surface area (Å²) in [6, 6.07) is 14.7. The highest BCUT2D eigenvalue weighted by Crippen LogP contribution is 2.45. The van der Waals surface area contributed by atoms with E-state index < -0.39 is 107 Å². The maximum atomic E-state index is 9.42. The van der Waals surface area contributed by atoms with E-state index >= 15 is 0 Å². The molecule has 0 atom stereocenters. The second-order valence-corrected chi connectivity index (χ2v) is 11.3. The van der Waals surface area contributed by atoms with E-state index in [1.54, 1.807) is 24.3 Å².